The molecular formula is C21H20N2O4S. The largest absolute Gasteiger partial charge is 0.463 e. The monoisotopic (exact) mass is 396 g/mol. The lowest BCUT2D eigenvalue weighted by Gasteiger charge is -2.26. The summed E-state index contributed by atoms with van der Waals surface area (Å²) < 4.78 is 32.9. The van der Waals surface area contributed by atoms with Gasteiger partial charge in [-0.25, -0.2) is 13.2 Å². The van der Waals surface area contributed by atoms with Gasteiger partial charge >= 0.3 is 5.97 Å². The number of hydrogen-bond acceptors (Lipinski definition) is 5. The fourth-order valence-electron chi connectivity index (χ4n) is 3.14. The molecule has 0 aliphatic carbocycles. The molecule has 2 aromatic carbocycles. The minimum absolute atomic E-state index is 0.0645. The molecule has 0 amide bonds. The van der Waals surface area contributed by atoms with Crippen LogP contribution in [0.4, 0.5) is 0 Å². The maximum absolute atomic E-state index is 13.3. The summed E-state index contributed by atoms with van der Waals surface area (Å²) in [6.45, 7) is 3.84. The molecule has 144 valence electrons. The van der Waals surface area contributed by atoms with Crippen molar-refractivity contribution >= 4 is 16.0 Å². The van der Waals surface area contributed by atoms with Gasteiger partial charge in [0, 0.05) is 6.54 Å². The zero-order chi connectivity index (χ0) is 20.3. The number of carbonyl (C=O) groups is 1. The smallest absolute Gasteiger partial charge is 0.335 e. The van der Waals surface area contributed by atoms with Gasteiger partial charge < -0.3 is 4.74 Å². The van der Waals surface area contributed by atoms with Crippen molar-refractivity contribution in [1.82, 2.24) is 4.31 Å². The van der Waals surface area contributed by atoms with Crippen LogP contribution >= 0.6 is 0 Å². The normalized spacial score (nSPS) is 17.0. The molecule has 0 bridgehead atoms. The van der Waals surface area contributed by atoms with E-state index in [1.54, 1.807) is 61.5 Å². The first kappa shape index (κ1) is 19.8. The number of hydrogen-bond donors (Lipinski definition) is 0. The molecule has 28 heavy (non-hydrogen) atoms. The summed E-state index contributed by atoms with van der Waals surface area (Å²) in [7, 11) is -3.84. The Morgan fingerprint density at radius 3 is 2.39 bits per heavy atom. The summed E-state index contributed by atoms with van der Waals surface area (Å²) in [5.41, 5.74) is 2.29. The van der Waals surface area contributed by atoms with E-state index in [0.717, 1.165) is 5.56 Å². The summed E-state index contributed by atoms with van der Waals surface area (Å²) in [6, 6.07) is 14.4. The predicted molar refractivity (Wildman–Crippen MR) is 104 cm³/mol. The first-order valence-electron chi connectivity index (χ1n) is 8.84. The number of nitrogens with zero attached hydrogens (tertiary/aromatic N) is 2. The van der Waals surface area contributed by atoms with Crippen LogP contribution in [-0.4, -0.2) is 31.8 Å². The van der Waals surface area contributed by atoms with Crippen molar-refractivity contribution in [2.24, 2.45) is 0 Å². The second-order valence-corrected chi connectivity index (χ2v) is 8.29. The number of carbonyl (C=O) groups excluding carboxylic acids is 1. The summed E-state index contributed by atoms with van der Waals surface area (Å²) in [6.07, 6.45) is 1.59. The van der Waals surface area contributed by atoms with E-state index in [4.69, 9.17) is 10.00 Å². The highest BCUT2D eigenvalue weighted by atomic mass is 32.2. The van der Waals surface area contributed by atoms with Crippen molar-refractivity contribution in [2.45, 2.75) is 24.8 Å². The van der Waals surface area contributed by atoms with E-state index in [0.29, 0.717) is 11.1 Å². The van der Waals surface area contributed by atoms with Crippen LogP contribution in [0.2, 0.25) is 0 Å². The molecule has 0 N–H and O–H groups in total. The van der Waals surface area contributed by atoms with Crippen LogP contribution in [0.1, 0.15) is 29.7 Å². The fraction of sp³-hybridized carbons (Fsp3) is 0.238. The standard InChI is InChI=1S/C21H20N2O4S/c1-3-27-21(24)19-12-13-23(20(19)17-8-6-16(14-22)7-9-17)28(25,26)18-10-4-15(2)5-11-18/h4-12,20H,3,13H2,1-2H3. The maximum Gasteiger partial charge on any atom is 0.335 e. The van der Waals surface area contributed by atoms with E-state index in [9.17, 15) is 13.2 Å². The van der Waals surface area contributed by atoms with Gasteiger partial charge in [-0.2, -0.15) is 9.57 Å². The molecule has 0 saturated carbocycles. The number of aryl methyl sites for hydroxylation is 1. The van der Waals surface area contributed by atoms with Crippen molar-refractivity contribution in [3.63, 3.8) is 0 Å². The second kappa shape index (κ2) is 7.97. The molecule has 0 radical (unpaired) electrons. The third-order valence-corrected chi connectivity index (χ3v) is 6.41. The summed E-state index contributed by atoms with van der Waals surface area (Å²) in [5.74, 6) is -0.543. The van der Waals surface area contributed by atoms with Gasteiger partial charge in [-0.15, -0.1) is 0 Å². The Morgan fingerprint density at radius 2 is 1.82 bits per heavy atom. The van der Waals surface area contributed by atoms with Crippen molar-refractivity contribution in [3.05, 3.63) is 76.9 Å². The maximum atomic E-state index is 13.3. The average molecular weight is 396 g/mol. The molecule has 0 spiro atoms. The molecule has 7 heteroatoms. The summed E-state index contributed by atoms with van der Waals surface area (Å²) >= 11 is 0. The Morgan fingerprint density at radius 1 is 1.18 bits per heavy atom. The van der Waals surface area contributed by atoms with Crippen LogP contribution in [0.15, 0.2) is 65.1 Å². The van der Waals surface area contributed by atoms with E-state index >= 15 is 0 Å². The molecule has 2 aromatic rings. The molecule has 0 saturated heterocycles. The SMILES string of the molecule is CCOC(=O)C1=CCN(S(=O)(=O)c2ccc(C)cc2)C1c1ccc(C#N)cc1. The molecule has 1 heterocycles. The fourth-order valence-corrected chi connectivity index (χ4v) is 4.67. The van der Waals surface area contributed by atoms with Crippen LogP contribution in [0.3, 0.4) is 0 Å². The van der Waals surface area contributed by atoms with Crippen molar-refractivity contribution in [1.29, 1.82) is 5.26 Å². The third-order valence-electron chi connectivity index (χ3n) is 4.57. The lowest BCUT2D eigenvalue weighted by atomic mass is 10.00. The van der Waals surface area contributed by atoms with Crippen molar-refractivity contribution in [2.75, 3.05) is 13.2 Å². The number of nitriles is 1. The van der Waals surface area contributed by atoms with Crippen LogP contribution in [-0.2, 0) is 19.6 Å². The van der Waals surface area contributed by atoms with Crippen LogP contribution in [0.5, 0.6) is 0 Å². The van der Waals surface area contributed by atoms with Gasteiger partial charge in [-0.1, -0.05) is 35.9 Å². The lowest BCUT2D eigenvalue weighted by Crippen LogP contribution is -2.33. The Balaban J connectivity index is 2.05. The first-order chi connectivity index (χ1) is 13.4. The highest BCUT2D eigenvalue weighted by Gasteiger charge is 2.41. The minimum atomic E-state index is -3.84. The van der Waals surface area contributed by atoms with E-state index in [-0.39, 0.29) is 23.6 Å². The average Bonchev–Trinajstić information content (AvgIpc) is 3.15. The van der Waals surface area contributed by atoms with Gasteiger partial charge in [0.15, 0.2) is 0 Å². The Labute approximate surface area is 164 Å². The number of ether oxygens (including phenoxy) is 1. The van der Waals surface area contributed by atoms with Crippen LogP contribution in [0, 0.1) is 18.3 Å². The van der Waals surface area contributed by atoms with Gasteiger partial charge in [-0.3, -0.25) is 0 Å². The third kappa shape index (κ3) is 3.70. The Kier molecular flexibility index (Phi) is 5.63. The second-order valence-electron chi connectivity index (χ2n) is 6.40. The van der Waals surface area contributed by atoms with E-state index in [2.05, 4.69) is 0 Å². The zero-order valence-corrected chi connectivity index (χ0v) is 16.4. The highest BCUT2D eigenvalue weighted by molar-refractivity contribution is 7.89. The van der Waals surface area contributed by atoms with Crippen LogP contribution < -0.4 is 0 Å². The van der Waals surface area contributed by atoms with Crippen LogP contribution in [0.25, 0.3) is 0 Å². The quantitative estimate of drug-likeness (QED) is 0.725. The minimum Gasteiger partial charge on any atom is -0.463 e. The topological polar surface area (TPSA) is 87.5 Å². The first-order valence-corrected chi connectivity index (χ1v) is 10.3. The van der Waals surface area contributed by atoms with E-state index < -0.39 is 22.0 Å². The van der Waals surface area contributed by atoms with Gasteiger partial charge in [0.2, 0.25) is 10.0 Å². The van der Waals surface area contributed by atoms with Gasteiger partial charge in [0.25, 0.3) is 0 Å². The zero-order valence-electron chi connectivity index (χ0n) is 15.6. The summed E-state index contributed by atoms with van der Waals surface area (Å²) in [5, 5.41) is 9.01. The molecule has 1 aliphatic heterocycles. The summed E-state index contributed by atoms with van der Waals surface area (Å²) in [4.78, 5) is 12.6. The highest BCUT2D eigenvalue weighted by Crippen LogP contribution is 2.38. The van der Waals surface area contributed by atoms with E-state index in [1.165, 1.54) is 4.31 Å². The van der Waals surface area contributed by atoms with Gasteiger partial charge in [-0.05, 0) is 43.7 Å². The van der Waals surface area contributed by atoms with Crippen molar-refractivity contribution < 1.29 is 17.9 Å². The number of benzene rings is 2. The number of esters is 1. The predicted octanol–water partition coefficient (Wildman–Crippen LogP) is 3.10. The van der Waals surface area contributed by atoms with Gasteiger partial charge in [0.05, 0.1) is 34.7 Å². The molecule has 1 atom stereocenters. The lowest BCUT2D eigenvalue weighted by molar-refractivity contribution is -0.138. The van der Waals surface area contributed by atoms with Gasteiger partial charge in [0.1, 0.15) is 0 Å². The molecule has 6 nitrogen and oxygen atoms in total. The molecule has 0 aromatic heterocycles. The Hall–Kier alpha value is -2.95. The molecule has 0 fully saturated rings. The van der Waals surface area contributed by atoms with Crippen molar-refractivity contribution in [3.8, 4) is 6.07 Å². The molecule has 1 aliphatic rings. The van der Waals surface area contributed by atoms with E-state index in [1.807, 2.05) is 13.0 Å². The molecule has 1 unspecified atom stereocenters. The number of sulfonamides is 1. The Bertz CT molecular complexity index is 1050. The molecular weight excluding hydrogens is 376 g/mol. The molecule has 3 rings (SSSR count). The number of rotatable bonds is 5.